The molecule has 0 unspecified atom stereocenters. The summed E-state index contributed by atoms with van der Waals surface area (Å²) in [5.74, 6) is -0.557. The summed E-state index contributed by atoms with van der Waals surface area (Å²) in [6.45, 7) is -0.519. The number of hydrogen-bond acceptors (Lipinski definition) is 4. The Morgan fingerprint density at radius 2 is 1.94 bits per heavy atom. The SMILES string of the molecule is O=C(NCO)c1cccc(S(=O)(=O)C(Br)(Br)Br)c1. The standard InChI is InChI=1S/C9H8Br3NO4S/c10-9(11,12)18(16,17)7-3-1-2-6(4-7)8(15)13-5-14/h1-4,14H,5H2,(H,13,15). The number of alkyl halides is 3. The first-order chi connectivity index (χ1) is 8.20. The number of carbonyl (C=O) groups excluding carboxylic acids is 1. The fourth-order valence-corrected chi connectivity index (χ4v) is 3.60. The lowest BCUT2D eigenvalue weighted by Crippen LogP contribution is -2.24. The van der Waals surface area contributed by atoms with Crippen molar-refractivity contribution in [2.75, 3.05) is 6.73 Å². The van der Waals surface area contributed by atoms with Gasteiger partial charge in [0.25, 0.3) is 5.91 Å². The van der Waals surface area contributed by atoms with Crippen LogP contribution < -0.4 is 5.32 Å². The largest absolute Gasteiger partial charge is 0.376 e. The molecule has 0 aliphatic carbocycles. The molecule has 0 aromatic heterocycles. The highest BCUT2D eigenvalue weighted by Crippen LogP contribution is 2.43. The third-order valence-electron chi connectivity index (χ3n) is 1.95. The van der Waals surface area contributed by atoms with Crippen LogP contribution in [0.4, 0.5) is 0 Å². The van der Waals surface area contributed by atoms with Crippen LogP contribution in [0.2, 0.25) is 0 Å². The number of benzene rings is 1. The maximum absolute atomic E-state index is 12.1. The summed E-state index contributed by atoms with van der Waals surface area (Å²) >= 11 is 8.80. The Kier molecular flexibility index (Phi) is 5.36. The maximum atomic E-state index is 12.1. The fourth-order valence-electron chi connectivity index (χ4n) is 1.11. The van der Waals surface area contributed by atoms with Crippen LogP contribution in [0.1, 0.15) is 10.4 Å². The van der Waals surface area contributed by atoms with Crippen LogP contribution in [0.3, 0.4) is 0 Å². The number of rotatable bonds is 3. The molecular formula is C9H8Br3NO4S. The summed E-state index contributed by atoms with van der Waals surface area (Å²) in [4.78, 5) is 11.4. The van der Waals surface area contributed by atoms with Gasteiger partial charge < -0.3 is 10.4 Å². The lowest BCUT2D eigenvalue weighted by Gasteiger charge is -2.14. The lowest BCUT2D eigenvalue weighted by molar-refractivity contribution is 0.0910. The molecule has 0 heterocycles. The molecule has 0 aliphatic rings. The first-order valence-corrected chi connectivity index (χ1v) is 8.37. The summed E-state index contributed by atoms with van der Waals surface area (Å²) in [7, 11) is -3.74. The number of aliphatic hydroxyl groups excluding tert-OH is 1. The normalized spacial score (nSPS) is 12.2. The van der Waals surface area contributed by atoms with Crippen molar-refractivity contribution in [2.24, 2.45) is 0 Å². The molecule has 5 nitrogen and oxygen atoms in total. The van der Waals surface area contributed by atoms with E-state index in [2.05, 4.69) is 53.1 Å². The van der Waals surface area contributed by atoms with Gasteiger partial charge in [0.2, 0.25) is 11.3 Å². The van der Waals surface area contributed by atoms with Crippen LogP contribution in [0.15, 0.2) is 29.2 Å². The van der Waals surface area contributed by atoms with Crippen molar-refractivity contribution < 1.29 is 18.3 Å². The van der Waals surface area contributed by atoms with E-state index in [-0.39, 0.29) is 10.5 Å². The van der Waals surface area contributed by atoms with E-state index in [4.69, 9.17) is 5.11 Å². The van der Waals surface area contributed by atoms with Gasteiger partial charge in [-0.3, -0.25) is 4.79 Å². The Hall–Kier alpha value is 0.0400. The monoisotopic (exact) mass is 463 g/mol. The van der Waals surface area contributed by atoms with E-state index in [9.17, 15) is 13.2 Å². The predicted molar refractivity (Wildman–Crippen MR) is 77.7 cm³/mol. The molecule has 0 fully saturated rings. The van der Waals surface area contributed by atoms with Gasteiger partial charge >= 0.3 is 0 Å². The van der Waals surface area contributed by atoms with Gasteiger partial charge in [0.15, 0.2) is 0 Å². The zero-order valence-corrected chi connectivity index (χ0v) is 14.3. The summed E-state index contributed by atoms with van der Waals surface area (Å²) in [5, 5.41) is 10.7. The highest BCUT2D eigenvalue weighted by molar-refractivity contribution is 9.42. The molecular weight excluding hydrogens is 458 g/mol. The van der Waals surface area contributed by atoms with Crippen LogP contribution >= 0.6 is 47.8 Å². The minimum absolute atomic E-state index is 0.0429. The lowest BCUT2D eigenvalue weighted by atomic mass is 10.2. The van der Waals surface area contributed by atoms with Crippen molar-refractivity contribution in [1.82, 2.24) is 5.32 Å². The summed E-state index contributed by atoms with van der Waals surface area (Å²) in [6.07, 6.45) is 0. The molecule has 9 heteroatoms. The number of halogens is 3. The van der Waals surface area contributed by atoms with Crippen LogP contribution in [0.5, 0.6) is 0 Å². The minimum Gasteiger partial charge on any atom is -0.376 e. The van der Waals surface area contributed by atoms with E-state index < -0.39 is 24.0 Å². The third-order valence-corrected chi connectivity index (χ3v) is 7.27. The number of amides is 1. The number of nitrogens with one attached hydrogen (secondary N) is 1. The first-order valence-electron chi connectivity index (χ1n) is 4.50. The number of carbonyl (C=O) groups is 1. The Labute approximate surface area is 129 Å². The van der Waals surface area contributed by atoms with Gasteiger partial charge in [0, 0.05) is 5.56 Å². The smallest absolute Gasteiger partial charge is 0.253 e. The summed E-state index contributed by atoms with van der Waals surface area (Å²) < 4.78 is 22.6. The van der Waals surface area contributed by atoms with Gasteiger partial charge in [-0.15, -0.1) is 0 Å². The van der Waals surface area contributed by atoms with Crippen molar-refractivity contribution in [2.45, 2.75) is 6.37 Å². The van der Waals surface area contributed by atoms with Gasteiger partial charge in [-0.2, -0.15) is 0 Å². The average Bonchev–Trinajstić information content (AvgIpc) is 2.28. The average molecular weight is 466 g/mol. The second kappa shape index (κ2) is 6.00. The molecule has 1 aromatic carbocycles. The molecule has 1 amide bonds. The number of sulfone groups is 1. The predicted octanol–water partition coefficient (Wildman–Crippen LogP) is 1.94. The molecule has 0 saturated carbocycles. The van der Waals surface area contributed by atoms with Crippen molar-refractivity contribution in [1.29, 1.82) is 0 Å². The molecule has 0 bridgehead atoms. The first kappa shape index (κ1) is 16.1. The Morgan fingerprint density at radius 3 is 2.44 bits per heavy atom. The molecule has 0 spiro atoms. The zero-order valence-electron chi connectivity index (χ0n) is 8.73. The molecule has 1 aromatic rings. The van der Waals surface area contributed by atoms with Crippen LogP contribution in [0.25, 0.3) is 0 Å². The molecule has 100 valence electrons. The van der Waals surface area contributed by atoms with Crippen LogP contribution in [-0.4, -0.2) is 27.6 Å². The fraction of sp³-hybridized carbons (Fsp3) is 0.222. The van der Waals surface area contributed by atoms with Gasteiger partial charge in [0.05, 0.1) is 4.90 Å². The van der Waals surface area contributed by atoms with Crippen LogP contribution in [0, 0.1) is 0 Å². The molecule has 1 rings (SSSR count). The molecule has 0 atom stereocenters. The van der Waals surface area contributed by atoms with Gasteiger partial charge in [0.1, 0.15) is 6.73 Å². The molecule has 2 N–H and O–H groups in total. The topological polar surface area (TPSA) is 83.5 Å². The van der Waals surface area contributed by atoms with E-state index in [1.165, 1.54) is 24.3 Å². The van der Waals surface area contributed by atoms with E-state index in [1.54, 1.807) is 0 Å². The van der Waals surface area contributed by atoms with E-state index >= 15 is 0 Å². The van der Waals surface area contributed by atoms with E-state index in [0.717, 1.165) is 0 Å². The minimum atomic E-state index is -3.74. The van der Waals surface area contributed by atoms with Gasteiger partial charge in [-0.25, -0.2) is 8.42 Å². The Bertz CT molecular complexity index is 553. The van der Waals surface area contributed by atoms with Crippen molar-refractivity contribution >= 4 is 63.5 Å². The van der Waals surface area contributed by atoms with Crippen molar-refractivity contribution in [3.63, 3.8) is 0 Å². The Balaban J connectivity index is 3.22. The van der Waals surface area contributed by atoms with Crippen molar-refractivity contribution in [3.8, 4) is 0 Å². The molecule has 18 heavy (non-hydrogen) atoms. The summed E-state index contributed by atoms with van der Waals surface area (Å²) in [6, 6.07) is 5.47. The van der Waals surface area contributed by atoms with E-state index in [1.807, 2.05) is 0 Å². The highest BCUT2D eigenvalue weighted by Gasteiger charge is 2.37. The van der Waals surface area contributed by atoms with Crippen LogP contribution in [-0.2, 0) is 9.84 Å². The second-order valence-corrected chi connectivity index (χ2v) is 13.6. The molecule has 0 saturated heterocycles. The second-order valence-electron chi connectivity index (χ2n) is 3.14. The molecule has 0 aliphatic heterocycles. The maximum Gasteiger partial charge on any atom is 0.253 e. The quantitative estimate of drug-likeness (QED) is 0.528. The van der Waals surface area contributed by atoms with Crippen molar-refractivity contribution in [3.05, 3.63) is 29.8 Å². The Morgan fingerprint density at radius 1 is 1.33 bits per heavy atom. The van der Waals surface area contributed by atoms with E-state index in [0.29, 0.717) is 0 Å². The van der Waals surface area contributed by atoms with Gasteiger partial charge in [-0.05, 0) is 66.0 Å². The van der Waals surface area contributed by atoms with Gasteiger partial charge in [-0.1, -0.05) is 6.07 Å². The zero-order chi connectivity index (χ0) is 14.0. The molecule has 0 radical (unpaired) electrons. The number of aliphatic hydroxyl groups is 1. The third kappa shape index (κ3) is 3.53. The highest BCUT2D eigenvalue weighted by atomic mass is 80.0. The number of hydrogen-bond donors (Lipinski definition) is 2. The summed E-state index contributed by atoms with van der Waals surface area (Å²) in [5.41, 5.74) is 0.141.